The van der Waals surface area contributed by atoms with Gasteiger partial charge in [0.25, 0.3) is 0 Å². The van der Waals surface area contributed by atoms with Crippen LogP contribution in [0.4, 0.5) is 10.6 Å². The minimum atomic E-state index is -0.289. The zero-order valence-corrected chi connectivity index (χ0v) is 14.0. The second-order valence-corrected chi connectivity index (χ2v) is 6.37. The van der Waals surface area contributed by atoms with Crippen molar-refractivity contribution in [1.29, 1.82) is 0 Å². The third kappa shape index (κ3) is 3.00. The van der Waals surface area contributed by atoms with E-state index in [0.29, 0.717) is 13.1 Å². The van der Waals surface area contributed by atoms with Gasteiger partial charge >= 0.3 is 6.03 Å². The number of hydrogen-bond acceptors (Lipinski definition) is 7. The van der Waals surface area contributed by atoms with Crippen molar-refractivity contribution in [3.05, 3.63) is 18.5 Å². The fraction of sp³-hybridized carbons (Fsp3) is 0.533. The van der Waals surface area contributed by atoms with Crippen molar-refractivity contribution in [2.45, 2.75) is 13.0 Å². The molecule has 132 valence electrons. The average molecular weight is 344 g/mol. The Labute approximate surface area is 144 Å². The summed E-state index contributed by atoms with van der Waals surface area (Å²) in [4.78, 5) is 29.0. The molecule has 0 spiro atoms. The van der Waals surface area contributed by atoms with Gasteiger partial charge in [-0.3, -0.25) is 14.6 Å². The van der Waals surface area contributed by atoms with Gasteiger partial charge in [-0.1, -0.05) is 0 Å². The van der Waals surface area contributed by atoms with Crippen LogP contribution in [0.3, 0.4) is 0 Å². The summed E-state index contributed by atoms with van der Waals surface area (Å²) < 4.78 is 1.67. The molecule has 2 aliphatic heterocycles. The first-order valence-corrected chi connectivity index (χ1v) is 8.36. The molecule has 0 bridgehead atoms. The topological polar surface area (TPSA) is 99.0 Å². The van der Waals surface area contributed by atoms with E-state index in [1.165, 1.54) is 4.90 Å². The van der Waals surface area contributed by atoms with Crippen LogP contribution >= 0.6 is 0 Å². The van der Waals surface area contributed by atoms with Gasteiger partial charge in [0.05, 0.1) is 6.54 Å². The highest BCUT2D eigenvalue weighted by molar-refractivity contribution is 6.01. The number of rotatable bonds is 4. The zero-order valence-electron chi connectivity index (χ0n) is 14.0. The first kappa shape index (κ1) is 15.8. The molecule has 4 rings (SSSR count). The molecule has 2 aromatic rings. The van der Waals surface area contributed by atoms with E-state index in [1.807, 2.05) is 12.1 Å². The van der Waals surface area contributed by atoms with Crippen LogP contribution in [0.2, 0.25) is 0 Å². The summed E-state index contributed by atoms with van der Waals surface area (Å²) in [5.41, 5.74) is 0.726. The molecule has 2 aliphatic rings. The minimum Gasteiger partial charge on any atom is -0.350 e. The van der Waals surface area contributed by atoms with Crippen LogP contribution in [-0.4, -0.2) is 86.9 Å². The van der Waals surface area contributed by atoms with Gasteiger partial charge < -0.3 is 10.2 Å². The molecule has 2 aromatic heterocycles. The van der Waals surface area contributed by atoms with Gasteiger partial charge in [-0.15, -0.1) is 15.3 Å². The first-order valence-electron chi connectivity index (χ1n) is 8.36. The number of urea groups is 1. The predicted molar refractivity (Wildman–Crippen MR) is 89.1 cm³/mol. The maximum atomic E-state index is 11.6. The highest BCUT2D eigenvalue weighted by atomic mass is 16.2. The maximum absolute atomic E-state index is 11.6. The van der Waals surface area contributed by atoms with Gasteiger partial charge in [0, 0.05) is 38.8 Å². The van der Waals surface area contributed by atoms with Crippen molar-refractivity contribution >= 4 is 23.4 Å². The molecule has 0 radical (unpaired) electrons. The third-order valence-electron chi connectivity index (χ3n) is 4.73. The Balaban J connectivity index is 1.37. The lowest BCUT2D eigenvalue weighted by atomic mass is 10.2. The lowest BCUT2D eigenvalue weighted by Crippen LogP contribution is -2.54. The number of amides is 3. The summed E-state index contributed by atoms with van der Waals surface area (Å²) in [6.07, 6.45) is 1.60. The molecule has 0 aromatic carbocycles. The molecule has 2 saturated heterocycles. The molecule has 10 heteroatoms. The SMILES string of the molecule is C[C@H]1CN(CCN2C(=O)CNC2=O)CCN1c1ccc2nncn2n1. The zero-order chi connectivity index (χ0) is 17.4. The molecule has 0 aliphatic carbocycles. The number of anilines is 1. The summed E-state index contributed by atoms with van der Waals surface area (Å²) in [5.74, 6) is 0.747. The predicted octanol–water partition coefficient (Wildman–Crippen LogP) is -0.813. The fourth-order valence-electron chi connectivity index (χ4n) is 3.37. The number of hydrogen-bond donors (Lipinski definition) is 1. The summed E-state index contributed by atoms with van der Waals surface area (Å²) >= 11 is 0. The Hall–Kier alpha value is -2.75. The number of fused-ring (bicyclic) bond motifs is 1. The van der Waals surface area contributed by atoms with Gasteiger partial charge in [0.15, 0.2) is 5.65 Å². The normalized spacial score (nSPS) is 22.0. The van der Waals surface area contributed by atoms with Crippen LogP contribution < -0.4 is 10.2 Å². The third-order valence-corrected chi connectivity index (χ3v) is 4.73. The van der Waals surface area contributed by atoms with E-state index >= 15 is 0 Å². The molecule has 1 atom stereocenters. The number of nitrogens with zero attached hydrogens (tertiary/aromatic N) is 7. The van der Waals surface area contributed by atoms with Crippen molar-refractivity contribution in [1.82, 2.24) is 34.9 Å². The standard InChI is InChI=1S/C15H20N8O2/c1-11-9-20(5-7-22-14(24)8-16-15(22)25)4-6-21(11)13-3-2-12-18-17-10-23(12)19-13/h2-3,10-11H,4-9H2,1H3,(H,16,25)/t11-/m0/s1. The first-order chi connectivity index (χ1) is 12.1. The van der Waals surface area contributed by atoms with E-state index < -0.39 is 0 Å². The second kappa shape index (κ2) is 6.28. The Kier molecular flexibility index (Phi) is 3.96. The molecule has 0 unspecified atom stereocenters. The minimum absolute atomic E-state index is 0.111. The van der Waals surface area contributed by atoms with Crippen LogP contribution in [0.25, 0.3) is 5.65 Å². The molecular weight excluding hydrogens is 324 g/mol. The lowest BCUT2D eigenvalue weighted by molar-refractivity contribution is -0.125. The van der Waals surface area contributed by atoms with Gasteiger partial charge in [-0.25, -0.2) is 4.79 Å². The van der Waals surface area contributed by atoms with Crippen LogP contribution in [0.1, 0.15) is 6.92 Å². The Morgan fingerprint density at radius 2 is 2.12 bits per heavy atom. The number of nitrogens with one attached hydrogen (secondary N) is 1. The highest BCUT2D eigenvalue weighted by Gasteiger charge is 2.30. The maximum Gasteiger partial charge on any atom is 0.324 e. The summed E-state index contributed by atoms with van der Waals surface area (Å²) in [7, 11) is 0. The number of piperazine rings is 1. The lowest BCUT2D eigenvalue weighted by Gasteiger charge is -2.40. The van der Waals surface area contributed by atoms with Gasteiger partial charge in [0.1, 0.15) is 12.1 Å². The van der Waals surface area contributed by atoms with Crippen molar-refractivity contribution in [3.8, 4) is 0 Å². The van der Waals surface area contributed by atoms with Crippen molar-refractivity contribution in [2.24, 2.45) is 0 Å². The quantitative estimate of drug-likeness (QED) is 0.724. The van der Waals surface area contributed by atoms with Gasteiger partial charge in [0.2, 0.25) is 5.91 Å². The van der Waals surface area contributed by atoms with E-state index in [2.05, 4.69) is 37.3 Å². The fourth-order valence-corrected chi connectivity index (χ4v) is 3.37. The molecule has 10 nitrogen and oxygen atoms in total. The molecule has 2 fully saturated rings. The molecule has 0 saturated carbocycles. The van der Waals surface area contributed by atoms with E-state index in [9.17, 15) is 9.59 Å². The Morgan fingerprint density at radius 1 is 1.24 bits per heavy atom. The van der Waals surface area contributed by atoms with Crippen LogP contribution in [0.5, 0.6) is 0 Å². The van der Waals surface area contributed by atoms with Crippen LogP contribution in [-0.2, 0) is 4.79 Å². The van der Waals surface area contributed by atoms with Gasteiger partial charge in [-0.05, 0) is 19.1 Å². The second-order valence-electron chi connectivity index (χ2n) is 6.37. The monoisotopic (exact) mass is 344 g/mol. The Morgan fingerprint density at radius 3 is 2.88 bits per heavy atom. The summed E-state index contributed by atoms with van der Waals surface area (Å²) in [5, 5.41) is 14.9. The molecule has 3 amide bonds. The van der Waals surface area contributed by atoms with E-state index in [1.54, 1.807) is 10.8 Å². The average Bonchev–Trinajstić information content (AvgIpc) is 3.19. The molecule has 1 N–H and O–H groups in total. The number of carbonyl (C=O) groups is 2. The van der Waals surface area contributed by atoms with Crippen LogP contribution in [0.15, 0.2) is 18.5 Å². The largest absolute Gasteiger partial charge is 0.350 e. The van der Waals surface area contributed by atoms with Crippen molar-refractivity contribution in [3.63, 3.8) is 0 Å². The van der Waals surface area contributed by atoms with E-state index in [0.717, 1.165) is 31.1 Å². The van der Waals surface area contributed by atoms with E-state index in [-0.39, 0.29) is 24.5 Å². The summed E-state index contributed by atoms with van der Waals surface area (Å²) in [6, 6.07) is 3.86. The molecule has 4 heterocycles. The van der Waals surface area contributed by atoms with Crippen molar-refractivity contribution in [2.75, 3.05) is 44.2 Å². The number of carbonyl (C=O) groups excluding carboxylic acids is 2. The molecule has 25 heavy (non-hydrogen) atoms. The Bertz CT molecular complexity index is 790. The highest BCUT2D eigenvalue weighted by Crippen LogP contribution is 2.18. The van der Waals surface area contributed by atoms with E-state index in [4.69, 9.17) is 0 Å². The summed E-state index contributed by atoms with van der Waals surface area (Å²) in [6.45, 7) is 5.93. The smallest absolute Gasteiger partial charge is 0.324 e. The number of aromatic nitrogens is 4. The van der Waals surface area contributed by atoms with Crippen molar-refractivity contribution < 1.29 is 9.59 Å². The van der Waals surface area contributed by atoms with Gasteiger partial charge in [-0.2, -0.15) is 4.52 Å². The van der Waals surface area contributed by atoms with Crippen LogP contribution in [0, 0.1) is 0 Å². The molecular formula is C15H20N8O2. The number of imide groups is 1.